The van der Waals surface area contributed by atoms with Gasteiger partial charge in [0.15, 0.2) is 17.5 Å². The fourth-order valence-corrected chi connectivity index (χ4v) is 8.86. The van der Waals surface area contributed by atoms with Crippen LogP contribution in [0.5, 0.6) is 0 Å². The first-order valence-electron chi connectivity index (χ1n) is 17.5. The van der Waals surface area contributed by atoms with Gasteiger partial charge in [0.1, 0.15) is 0 Å². The molecule has 7 aromatic carbocycles. The molecular formula is C48H31N3S. The molecule has 0 unspecified atom stereocenters. The lowest BCUT2D eigenvalue weighted by molar-refractivity contribution is 0.769. The molecule has 2 heterocycles. The van der Waals surface area contributed by atoms with E-state index in [1.165, 1.54) is 49.0 Å². The van der Waals surface area contributed by atoms with Crippen LogP contribution in [-0.4, -0.2) is 15.0 Å². The Balaban J connectivity index is 1.09. The van der Waals surface area contributed by atoms with Crippen molar-refractivity contribution < 1.29 is 0 Å². The summed E-state index contributed by atoms with van der Waals surface area (Å²) in [6.07, 6.45) is 0. The van der Waals surface area contributed by atoms with Crippen molar-refractivity contribution in [3.8, 4) is 55.7 Å². The van der Waals surface area contributed by atoms with Crippen molar-refractivity contribution in [2.45, 2.75) is 5.41 Å². The molecular weight excluding hydrogens is 651 g/mol. The summed E-state index contributed by atoms with van der Waals surface area (Å²) in [5.74, 6) is 2.01. The number of nitrogens with zero attached hydrogens (tertiary/aromatic N) is 3. The number of benzene rings is 7. The Morgan fingerprint density at radius 2 is 0.885 bits per heavy atom. The molecule has 0 aliphatic heterocycles. The van der Waals surface area contributed by atoms with Crippen molar-refractivity contribution in [3.05, 3.63) is 210 Å². The van der Waals surface area contributed by atoms with Gasteiger partial charge in [0, 0.05) is 15.8 Å². The zero-order valence-corrected chi connectivity index (χ0v) is 29.0. The van der Waals surface area contributed by atoms with Gasteiger partial charge in [-0.05, 0) is 68.1 Å². The van der Waals surface area contributed by atoms with Gasteiger partial charge in [-0.3, -0.25) is 0 Å². The fourth-order valence-electron chi connectivity index (χ4n) is 7.86. The topological polar surface area (TPSA) is 38.7 Å². The standard InChI is InChI=1S/C48H31N3S/c1-4-14-33(15-5-1)45-49-46(51-47(50-45)44-31-36-16-10-13-23-43(36)52-44)34-26-24-32(25-27-34)35-28-29-40-39-21-11-12-22-41(39)48(42(40)30-35,37-17-6-2-7-18-37)38-19-8-3-9-20-38/h1-31H. The predicted molar refractivity (Wildman–Crippen MR) is 214 cm³/mol. The second-order valence-corrected chi connectivity index (χ2v) is 14.3. The summed E-state index contributed by atoms with van der Waals surface area (Å²) >= 11 is 1.71. The molecule has 0 radical (unpaired) electrons. The van der Waals surface area contributed by atoms with E-state index >= 15 is 0 Å². The Hall–Kier alpha value is -6.49. The highest BCUT2D eigenvalue weighted by Gasteiger charge is 2.46. The van der Waals surface area contributed by atoms with Gasteiger partial charge in [0.2, 0.25) is 0 Å². The van der Waals surface area contributed by atoms with E-state index in [0.717, 1.165) is 21.6 Å². The highest BCUT2D eigenvalue weighted by molar-refractivity contribution is 7.22. The molecule has 0 saturated carbocycles. The third-order valence-corrected chi connectivity index (χ3v) is 11.4. The SMILES string of the molecule is c1ccc(-c2nc(-c3ccc(-c4ccc5c(c4)C(c4ccccc4)(c4ccccc4)c4ccccc4-5)cc3)nc(-c3cc4ccccc4s3)n2)cc1. The highest BCUT2D eigenvalue weighted by atomic mass is 32.1. The van der Waals surface area contributed by atoms with Crippen molar-refractivity contribution in [2.24, 2.45) is 0 Å². The van der Waals surface area contributed by atoms with Crippen LogP contribution in [0.15, 0.2) is 188 Å². The van der Waals surface area contributed by atoms with Crippen LogP contribution in [0.2, 0.25) is 0 Å². The van der Waals surface area contributed by atoms with Crippen molar-refractivity contribution in [1.82, 2.24) is 15.0 Å². The predicted octanol–water partition coefficient (Wildman–Crippen LogP) is 12.1. The molecule has 2 aromatic heterocycles. The van der Waals surface area contributed by atoms with Crippen LogP contribution in [0.25, 0.3) is 65.8 Å². The van der Waals surface area contributed by atoms with Crippen molar-refractivity contribution in [3.63, 3.8) is 0 Å². The number of rotatable bonds is 6. The number of thiophene rings is 1. The van der Waals surface area contributed by atoms with E-state index in [4.69, 9.17) is 15.0 Å². The van der Waals surface area contributed by atoms with Gasteiger partial charge < -0.3 is 0 Å². The zero-order chi connectivity index (χ0) is 34.5. The molecule has 0 spiro atoms. The zero-order valence-electron chi connectivity index (χ0n) is 28.1. The Morgan fingerprint density at radius 3 is 1.58 bits per heavy atom. The number of aromatic nitrogens is 3. The van der Waals surface area contributed by atoms with E-state index in [1.54, 1.807) is 11.3 Å². The molecule has 9 aromatic rings. The third kappa shape index (κ3) is 4.91. The minimum Gasteiger partial charge on any atom is -0.208 e. The van der Waals surface area contributed by atoms with E-state index in [1.807, 2.05) is 30.3 Å². The normalized spacial score (nSPS) is 12.8. The molecule has 0 saturated heterocycles. The van der Waals surface area contributed by atoms with Crippen LogP contribution in [0, 0.1) is 0 Å². The van der Waals surface area contributed by atoms with E-state index < -0.39 is 5.41 Å². The summed E-state index contributed by atoms with van der Waals surface area (Å²) in [7, 11) is 0. The van der Waals surface area contributed by atoms with Crippen molar-refractivity contribution in [2.75, 3.05) is 0 Å². The maximum Gasteiger partial charge on any atom is 0.174 e. The molecule has 1 aliphatic rings. The summed E-state index contributed by atoms with van der Waals surface area (Å²) < 4.78 is 1.21. The first-order valence-corrected chi connectivity index (χ1v) is 18.3. The lowest BCUT2D eigenvalue weighted by Gasteiger charge is -2.34. The highest BCUT2D eigenvalue weighted by Crippen LogP contribution is 2.56. The summed E-state index contributed by atoms with van der Waals surface area (Å²) in [5.41, 5.74) is 11.5. The lowest BCUT2D eigenvalue weighted by Crippen LogP contribution is -2.28. The monoisotopic (exact) mass is 681 g/mol. The Labute approximate surface area is 306 Å². The van der Waals surface area contributed by atoms with Crippen LogP contribution in [0.3, 0.4) is 0 Å². The first kappa shape index (κ1) is 30.3. The lowest BCUT2D eigenvalue weighted by atomic mass is 9.67. The Kier molecular flexibility index (Phi) is 7.22. The third-order valence-electron chi connectivity index (χ3n) is 10.2. The molecule has 0 N–H and O–H groups in total. The van der Waals surface area contributed by atoms with Crippen LogP contribution in [0.1, 0.15) is 22.3 Å². The van der Waals surface area contributed by atoms with Gasteiger partial charge in [0.05, 0.1) is 10.3 Å². The summed E-state index contributed by atoms with van der Waals surface area (Å²) in [6, 6.07) is 67.1. The Morgan fingerprint density at radius 1 is 0.365 bits per heavy atom. The van der Waals surface area contributed by atoms with Gasteiger partial charge in [-0.1, -0.05) is 170 Å². The van der Waals surface area contributed by atoms with Crippen molar-refractivity contribution >= 4 is 21.4 Å². The van der Waals surface area contributed by atoms with Gasteiger partial charge in [0.25, 0.3) is 0 Å². The van der Waals surface area contributed by atoms with Gasteiger partial charge >= 0.3 is 0 Å². The summed E-state index contributed by atoms with van der Waals surface area (Å²) in [5, 5.41) is 1.19. The average molecular weight is 682 g/mol. The molecule has 10 rings (SSSR count). The first-order chi connectivity index (χ1) is 25.8. The molecule has 0 bridgehead atoms. The smallest absolute Gasteiger partial charge is 0.174 e. The molecule has 244 valence electrons. The molecule has 52 heavy (non-hydrogen) atoms. The Bertz CT molecular complexity index is 2650. The van der Waals surface area contributed by atoms with Crippen LogP contribution < -0.4 is 0 Å². The van der Waals surface area contributed by atoms with Gasteiger partial charge in [-0.25, -0.2) is 15.0 Å². The molecule has 0 atom stereocenters. The van der Waals surface area contributed by atoms with E-state index in [0.29, 0.717) is 17.5 Å². The molecule has 0 fully saturated rings. The van der Waals surface area contributed by atoms with Gasteiger partial charge in [-0.2, -0.15) is 0 Å². The molecule has 3 nitrogen and oxygen atoms in total. The van der Waals surface area contributed by atoms with Crippen LogP contribution >= 0.6 is 11.3 Å². The number of hydrogen-bond donors (Lipinski definition) is 0. The van der Waals surface area contributed by atoms with Crippen LogP contribution in [-0.2, 0) is 5.41 Å². The van der Waals surface area contributed by atoms with Gasteiger partial charge in [-0.15, -0.1) is 11.3 Å². The number of fused-ring (bicyclic) bond motifs is 4. The molecule has 0 amide bonds. The largest absolute Gasteiger partial charge is 0.208 e. The second kappa shape index (κ2) is 12.4. The molecule has 1 aliphatic carbocycles. The van der Waals surface area contributed by atoms with Crippen LogP contribution in [0.4, 0.5) is 0 Å². The average Bonchev–Trinajstić information content (AvgIpc) is 3.80. The minimum atomic E-state index is -0.438. The summed E-state index contributed by atoms with van der Waals surface area (Å²) in [4.78, 5) is 16.0. The maximum absolute atomic E-state index is 5.04. The summed E-state index contributed by atoms with van der Waals surface area (Å²) in [6.45, 7) is 0. The van der Waals surface area contributed by atoms with Crippen molar-refractivity contribution in [1.29, 1.82) is 0 Å². The quantitative estimate of drug-likeness (QED) is 0.175. The minimum absolute atomic E-state index is 0.438. The van der Waals surface area contributed by atoms with E-state index in [-0.39, 0.29) is 0 Å². The number of hydrogen-bond acceptors (Lipinski definition) is 4. The fraction of sp³-hybridized carbons (Fsp3) is 0.0208. The molecule has 4 heteroatoms. The maximum atomic E-state index is 5.04. The second-order valence-electron chi connectivity index (χ2n) is 13.2. The van der Waals surface area contributed by atoms with E-state index in [2.05, 4.69) is 158 Å². The van der Waals surface area contributed by atoms with E-state index in [9.17, 15) is 0 Å².